The quantitative estimate of drug-likeness (QED) is 0.531. The number of hydrogen-bond donors (Lipinski definition) is 1. The van der Waals surface area contributed by atoms with Gasteiger partial charge in [0.15, 0.2) is 11.5 Å². The third-order valence-electron chi connectivity index (χ3n) is 5.23. The molecule has 31 heavy (non-hydrogen) atoms. The molecule has 0 unspecified atom stereocenters. The molecule has 158 valence electrons. The highest BCUT2D eigenvalue weighted by molar-refractivity contribution is 5.91. The molecular weight excluding hydrogens is 406 g/mol. The molecule has 0 atom stereocenters. The Morgan fingerprint density at radius 3 is 2.77 bits per heavy atom. The van der Waals surface area contributed by atoms with E-state index >= 15 is 0 Å². The number of fused-ring (bicyclic) bond motifs is 2. The summed E-state index contributed by atoms with van der Waals surface area (Å²) in [6.07, 6.45) is 4.68. The number of alkyl halides is 2. The van der Waals surface area contributed by atoms with Crippen molar-refractivity contribution in [3.05, 3.63) is 64.2 Å². The molecule has 0 aliphatic heterocycles. The van der Waals surface area contributed by atoms with Crippen LogP contribution in [0.1, 0.15) is 37.1 Å². The molecule has 1 N–H and O–H groups in total. The topological polar surface area (TPSA) is 94.2 Å². The molecule has 10 heteroatoms. The molecule has 1 aliphatic carbocycles. The van der Waals surface area contributed by atoms with Gasteiger partial charge in [0.1, 0.15) is 5.69 Å². The predicted octanol–water partition coefficient (Wildman–Crippen LogP) is 3.07. The van der Waals surface area contributed by atoms with Gasteiger partial charge in [-0.05, 0) is 37.1 Å². The van der Waals surface area contributed by atoms with Gasteiger partial charge in [0.25, 0.3) is 5.92 Å². The van der Waals surface area contributed by atoms with E-state index in [1.165, 1.54) is 22.7 Å². The van der Waals surface area contributed by atoms with E-state index in [0.717, 1.165) is 19.8 Å². The lowest BCUT2D eigenvalue weighted by atomic mass is 10.1. The fraction of sp³-hybridized carbons (Fsp3) is 0.286. The average molecular weight is 424 g/mol. The summed E-state index contributed by atoms with van der Waals surface area (Å²) >= 11 is 0. The van der Waals surface area contributed by atoms with Crippen molar-refractivity contribution in [3.63, 3.8) is 0 Å². The zero-order valence-electron chi connectivity index (χ0n) is 16.5. The number of nitrogens with one attached hydrogen (secondary N) is 1. The smallest absolute Gasteiger partial charge is 0.270 e. The Bertz CT molecular complexity index is 1380. The first-order chi connectivity index (χ1) is 14.8. The number of rotatable bonds is 5. The summed E-state index contributed by atoms with van der Waals surface area (Å²) in [4.78, 5) is 29.6. The van der Waals surface area contributed by atoms with Crippen LogP contribution in [0.2, 0.25) is 0 Å². The lowest BCUT2D eigenvalue weighted by Crippen LogP contribution is -2.25. The number of benzene rings is 1. The lowest BCUT2D eigenvalue weighted by molar-refractivity contribution is -0.115. The number of aromatic nitrogens is 5. The molecule has 1 amide bonds. The molecule has 8 nitrogen and oxygen atoms in total. The van der Waals surface area contributed by atoms with Crippen LogP contribution in [0, 0.1) is 0 Å². The van der Waals surface area contributed by atoms with Crippen molar-refractivity contribution in [3.8, 4) is 0 Å². The molecule has 0 saturated heterocycles. The highest BCUT2D eigenvalue weighted by atomic mass is 19.3. The number of hydrogen-bond acceptors (Lipinski definition) is 5. The number of nitrogens with zero attached hydrogens (tertiary/aromatic N) is 5. The number of halogens is 2. The minimum Gasteiger partial charge on any atom is -0.309 e. The van der Waals surface area contributed by atoms with Crippen LogP contribution in [0.25, 0.3) is 16.6 Å². The average Bonchev–Trinajstić information content (AvgIpc) is 3.46. The van der Waals surface area contributed by atoms with Crippen molar-refractivity contribution in [2.24, 2.45) is 0 Å². The highest BCUT2D eigenvalue weighted by Gasteiger charge is 2.30. The summed E-state index contributed by atoms with van der Waals surface area (Å²) in [6, 6.07) is 7.31. The molecule has 1 saturated carbocycles. The summed E-state index contributed by atoms with van der Waals surface area (Å²) < 4.78 is 30.7. The highest BCUT2D eigenvalue weighted by Crippen LogP contribution is 2.37. The molecule has 5 rings (SSSR count). The van der Waals surface area contributed by atoms with Gasteiger partial charge in [0, 0.05) is 30.3 Å². The van der Waals surface area contributed by atoms with E-state index in [0.29, 0.717) is 17.0 Å². The number of amides is 1. The van der Waals surface area contributed by atoms with Crippen LogP contribution in [0.15, 0.2) is 47.5 Å². The van der Waals surface area contributed by atoms with Crippen LogP contribution in [0.5, 0.6) is 0 Å². The van der Waals surface area contributed by atoms with Gasteiger partial charge in [0.05, 0.1) is 18.0 Å². The number of anilines is 1. The summed E-state index contributed by atoms with van der Waals surface area (Å²) in [6.45, 7) is 0.815. The van der Waals surface area contributed by atoms with Gasteiger partial charge >= 0.3 is 0 Å². The van der Waals surface area contributed by atoms with Crippen LogP contribution in [0.4, 0.5) is 14.6 Å². The summed E-state index contributed by atoms with van der Waals surface area (Å²) in [5.41, 5.74) is 0.450. The van der Waals surface area contributed by atoms with Gasteiger partial charge in [-0.15, -0.1) is 5.10 Å². The second kappa shape index (κ2) is 6.93. The van der Waals surface area contributed by atoms with Crippen molar-refractivity contribution in [1.29, 1.82) is 0 Å². The summed E-state index contributed by atoms with van der Waals surface area (Å²) in [5.74, 6) is -3.16. The third kappa shape index (κ3) is 3.65. The number of carbonyl (C=O) groups is 1. The lowest BCUT2D eigenvalue weighted by Gasteiger charge is -2.15. The summed E-state index contributed by atoms with van der Waals surface area (Å²) in [7, 11) is 0. The van der Waals surface area contributed by atoms with Crippen LogP contribution < -0.4 is 10.7 Å². The normalized spacial score (nSPS) is 14.3. The Kier molecular flexibility index (Phi) is 4.31. The molecule has 0 spiro atoms. The molecule has 0 bridgehead atoms. The van der Waals surface area contributed by atoms with E-state index in [4.69, 9.17) is 0 Å². The zero-order chi connectivity index (χ0) is 21.8. The van der Waals surface area contributed by atoms with Gasteiger partial charge < -0.3 is 5.32 Å². The Morgan fingerprint density at radius 2 is 2.03 bits per heavy atom. The maximum absolute atomic E-state index is 13.8. The second-order valence-electron chi connectivity index (χ2n) is 7.75. The van der Waals surface area contributed by atoms with Gasteiger partial charge in [-0.1, -0.05) is 6.07 Å². The first kappa shape index (κ1) is 19.3. The minimum atomic E-state index is -3.03. The van der Waals surface area contributed by atoms with Crippen LogP contribution in [-0.4, -0.2) is 30.3 Å². The maximum atomic E-state index is 13.8. The Hall–Kier alpha value is -3.69. The van der Waals surface area contributed by atoms with Crippen molar-refractivity contribution in [2.45, 2.75) is 38.2 Å². The predicted molar refractivity (Wildman–Crippen MR) is 109 cm³/mol. The van der Waals surface area contributed by atoms with Crippen molar-refractivity contribution in [1.82, 2.24) is 24.4 Å². The van der Waals surface area contributed by atoms with Gasteiger partial charge in [0.2, 0.25) is 11.3 Å². The number of imidazole rings is 1. The first-order valence-corrected chi connectivity index (χ1v) is 9.83. The van der Waals surface area contributed by atoms with Crippen molar-refractivity contribution in [2.75, 3.05) is 5.32 Å². The SMILES string of the molecule is CC(F)(F)c1ccc2c(=O)c(CC(=O)Nc3ccc4nccn4n3)nn(C3CC3)c2c1. The van der Waals surface area contributed by atoms with E-state index < -0.39 is 17.3 Å². The van der Waals surface area contributed by atoms with Crippen molar-refractivity contribution < 1.29 is 13.6 Å². The standard InChI is InChI=1S/C21H18F2N6O2/c1-21(22,23)12-2-5-14-16(10-12)29(13-3-4-13)26-15(20(14)31)11-19(30)25-17-6-7-18-24-8-9-28(18)27-17/h2,5-10,13H,3-4,11H2,1H3,(H,25,27,30). The van der Waals surface area contributed by atoms with E-state index in [2.05, 4.69) is 20.5 Å². The van der Waals surface area contributed by atoms with Gasteiger partial charge in [-0.3, -0.25) is 14.3 Å². The molecule has 0 radical (unpaired) electrons. The van der Waals surface area contributed by atoms with Crippen LogP contribution in [-0.2, 0) is 17.1 Å². The van der Waals surface area contributed by atoms with E-state index in [1.54, 1.807) is 29.2 Å². The molecule has 4 aromatic rings. The molecule has 1 aliphatic rings. The van der Waals surface area contributed by atoms with Crippen molar-refractivity contribution >= 4 is 28.3 Å². The third-order valence-corrected chi connectivity index (χ3v) is 5.23. The number of carbonyl (C=O) groups excluding carboxylic acids is 1. The van der Waals surface area contributed by atoms with Gasteiger partial charge in [-0.25, -0.2) is 18.3 Å². The first-order valence-electron chi connectivity index (χ1n) is 9.83. The van der Waals surface area contributed by atoms with E-state index in [9.17, 15) is 18.4 Å². The fourth-order valence-corrected chi connectivity index (χ4v) is 3.51. The Labute approximate surface area is 174 Å². The zero-order valence-corrected chi connectivity index (χ0v) is 16.5. The molecule has 1 fully saturated rings. The van der Waals surface area contributed by atoms with E-state index in [1.807, 2.05) is 0 Å². The van der Waals surface area contributed by atoms with Crippen LogP contribution in [0.3, 0.4) is 0 Å². The Morgan fingerprint density at radius 1 is 1.23 bits per heavy atom. The molecule has 1 aromatic carbocycles. The summed E-state index contributed by atoms with van der Waals surface area (Å²) in [5, 5.41) is 11.5. The maximum Gasteiger partial charge on any atom is 0.270 e. The van der Waals surface area contributed by atoms with Gasteiger partial charge in [-0.2, -0.15) is 5.10 Å². The molecular formula is C21H18F2N6O2. The molecule has 3 heterocycles. The van der Waals surface area contributed by atoms with E-state index in [-0.39, 0.29) is 29.1 Å². The minimum absolute atomic E-state index is 0.0379. The Balaban J connectivity index is 1.48. The van der Waals surface area contributed by atoms with Crippen LogP contribution >= 0.6 is 0 Å². The monoisotopic (exact) mass is 424 g/mol. The molecule has 3 aromatic heterocycles. The largest absolute Gasteiger partial charge is 0.309 e. The fourth-order valence-electron chi connectivity index (χ4n) is 3.51. The second-order valence-corrected chi connectivity index (χ2v) is 7.75.